The SMILES string of the molecule is C/C=C1/C[N+]2(C)CCC34C(=C(C(=O)OC)C1CC32)Nc1ccc(O)cc14. The second-order valence-corrected chi connectivity index (χ2v) is 8.39. The van der Waals surface area contributed by atoms with Crippen molar-refractivity contribution >= 4 is 11.7 Å². The van der Waals surface area contributed by atoms with Crippen LogP contribution in [0.1, 0.15) is 25.3 Å². The van der Waals surface area contributed by atoms with Gasteiger partial charge in [-0.05, 0) is 36.3 Å². The maximum atomic E-state index is 12.8. The van der Waals surface area contributed by atoms with Crippen LogP contribution in [0.2, 0.25) is 0 Å². The molecule has 2 N–H and O–H groups in total. The normalized spacial score (nSPS) is 38.0. The highest BCUT2D eigenvalue weighted by molar-refractivity contribution is 5.94. The first-order valence-corrected chi connectivity index (χ1v) is 9.37. The van der Waals surface area contributed by atoms with Gasteiger partial charge in [0.15, 0.2) is 0 Å². The number of likely N-dealkylation sites (N-methyl/N-ethyl adjacent to an activating group) is 1. The number of phenolic OH excluding ortho intramolecular Hbond substituents is 1. The van der Waals surface area contributed by atoms with Crippen LogP contribution in [0.4, 0.5) is 5.69 Å². The Morgan fingerprint density at radius 1 is 1.46 bits per heavy atom. The van der Waals surface area contributed by atoms with Gasteiger partial charge in [0.25, 0.3) is 0 Å². The van der Waals surface area contributed by atoms with Crippen LogP contribution >= 0.6 is 0 Å². The van der Waals surface area contributed by atoms with Crippen molar-refractivity contribution in [3.63, 3.8) is 0 Å². The highest BCUT2D eigenvalue weighted by Crippen LogP contribution is 2.63. The summed E-state index contributed by atoms with van der Waals surface area (Å²) in [6, 6.07) is 5.95. The van der Waals surface area contributed by atoms with Crippen LogP contribution in [0.15, 0.2) is 41.1 Å². The second kappa shape index (κ2) is 4.92. The summed E-state index contributed by atoms with van der Waals surface area (Å²) in [7, 11) is 3.82. The van der Waals surface area contributed by atoms with Crippen molar-refractivity contribution in [2.45, 2.75) is 31.2 Å². The van der Waals surface area contributed by atoms with Gasteiger partial charge in [0.05, 0.1) is 31.7 Å². The molecule has 5 heteroatoms. The van der Waals surface area contributed by atoms with E-state index in [1.54, 1.807) is 6.07 Å². The maximum absolute atomic E-state index is 12.8. The van der Waals surface area contributed by atoms with E-state index in [0.29, 0.717) is 6.04 Å². The Bertz CT molecular complexity index is 903. The maximum Gasteiger partial charge on any atom is 0.336 e. The second-order valence-electron chi connectivity index (χ2n) is 8.39. The van der Waals surface area contributed by atoms with Gasteiger partial charge in [-0.2, -0.15) is 0 Å². The van der Waals surface area contributed by atoms with Crippen molar-refractivity contribution in [3.05, 3.63) is 46.7 Å². The summed E-state index contributed by atoms with van der Waals surface area (Å²) in [5.74, 6) is 0.184. The van der Waals surface area contributed by atoms with Gasteiger partial charge in [0.1, 0.15) is 18.3 Å². The number of aromatic hydroxyl groups is 1. The third-order valence-electron chi connectivity index (χ3n) is 7.37. The van der Waals surface area contributed by atoms with Crippen LogP contribution in [0.3, 0.4) is 0 Å². The van der Waals surface area contributed by atoms with Crippen molar-refractivity contribution in [1.82, 2.24) is 0 Å². The first-order chi connectivity index (χ1) is 12.4. The predicted molar refractivity (Wildman–Crippen MR) is 98.6 cm³/mol. The number of allylic oxidation sites excluding steroid dienone is 1. The Labute approximate surface area is 153 Å². The monoisotopic (exact) mass is 353 g/mol. The number of methoxy groups -OCH3 is 1. The predicted octanol–water partition coefficient (Wildman–Crippen LogP) is 2.68. The fourth-order valence-corrected chi connectivity index (χ4v) is 6.26. The number of esters is 1. The Hall–Kier alpha value is -2.27. The van der Waals surface area contributed by atoms with E-state index in [9.17, 15) is 9.90 Å². The highest BCUT2D eigenvalue weighted by atomic mass is 16.5. The molecule has 1 spiro atoms. The van der Waals surface area contributed by atoms with Crippen LogP contribution in [-0.4, -0.2) is 48.8 Å². The smallest absolute Gasteiger partial charge is 0.336 e. The lowest BCUT2D eigenvalue weighted by molar-refractivity contribution is -0.923. The van der Waals surface area contributed by atoms with E-state index in [0.717, 1.165) is 52.9 Å². The summed E-state index contributed by atoms with van der Waals surface area (Å²) in [4.78, 5) is 12.8. The highest BCUT2D eigenvalue weighted by Gasteiger charge is 2.68. The number of ether oxygens (including phenoxy) is 1. The van der Waals surface area contributed by atoms with Crippen molar-refractivity contribution in [2.75, 3.05) is 32.6 Å². The van der Waals surface area contributed by atoms with Crippen LogP contribution in [-0.2, 0) is 14.9 Å². The lowest BCUT2D eigenvalue weighted by Crippen LogP contribution is -2.61. The molecule has 5 nitrogen and oxygen atoms in total. The molecule has 3 aliphatic heterocycles. The van der Waals surface area contributed by atoms with E-state index in [1.807, 2.05) is 12.1 Å². The molecular formula is C21H25N2O3+. The number of nitrogens with zero attached hydrogens (tertiary/aromatic N) is 1. The van der Waals surface area contributed by atoms with Crippen LogP contribution in [0, 0.1) is 5.92 Å². The molecular weight excluding hydrogens is 328 g/mol. The summed E-state index contributed by atoms with van der Waals surface area (Å²) in [5, 5.41) is 13.7. The molecule has 1 aromatic carbocycles. The van der Waals surface area contributed by atoms with E-state index in [-0.39, 0.29) is 23.1 Å². The molecule has 0 aromatic heterocycles. The molecule has 1 aromatic rings. The molecule has 3 heterocycles. The Kier molecular flexibility index (Phi) is 3.01. The molecule has 1 aliphatic carbocycles. The molecule has 4 aliphatic rings. The van der Waals surface area contributed by atoms with E-state index in [1.165, 1.54) is 12.7 Å². The minimum absolute atomic E-state index is 0.125. The van der Waals surface area contributed by atoms with Crippen molar-refractivity contribution in [1.29, 1.82) is 0 Å². The summed E-state index contributed by atoms with van der Waals surface area (Å²) < 4.78 is 6.22. The van der Waals surface area contributed by atoms with Gasteiger partial charge in [-0.1, -0.05) is 6.08 Å². The van der Waals surface area contributed by atoms with Gasteiger partial charge >= 0.3 is 5.97 Å². The van der Waals surface area contributed by atoms with E-state index in [4.69, 9.17) is 4.74 Å². The van der Waals surface area contributed by atoms with E-state index in [2.05, 4.69) is 25.4 Å². The van der Waals surface area contributed by atoms with Crippen molar-refractivity contribution < 1.29 is 19.1 Å². The molecule has 5 rings (SSSR count). The summed E-state index contributed by atoms with van der Waals surface area (Å²) in [6.07, 6.45) is 4.13. The van der Waals surface area contributed by atoms with Crippen LogP contribution in [0.25, 0.3) is 0 Å². The molecule has 0 amide bonds. The number of hydrogen-bond donors (Lipinski definition) is 2. The number of carbonyl (C=O) groups excluding carboxylic acids is 1. The number of nitrogens with one attached hydrogen (secondary N) is 1. The zero-order valence-electron chi connectivity index (χ0n) is 15.5. The van der Waals surface area contributed by atoms with Gasteiger partial charge in [-0.15, -0.1) is 0 Å². The molecule has 26 heavy (non-hydrogen) atoms. The first-order valence-electron chi connectivity index (χ1n) is 9.37. The van der Waals surface area contributed by atoms with Gasteiger partial charge in [-0.3, -0.25) is 0 Å². The quantitative estimate of drug-likeness (QED) is 0.353. The number of fused-ring (bicyclic) bond motifs is 2. The fraction of sp³-hybridized carbons (Fsp3) is 0.476. The molecule has 2 bridgehead atoms. The molecule has 2 saturated heterocycles. The van der Waals surface area contributed by atoms with Crippen molar-refractivity contribution in [3.8, 4) is 5.75 Å². The zero-order chi connectivity index (χ0) is 18.3. The fourth-order valence-electron chi connectivity index (χ4n) is 6.26. The standard InChI is InChI=1S/C21H24N2O3/c1-4-12-11-23(2)8-7-21-15-9-13(24)5-6-16(15)22-19(21)18(20(25)26-3)14(12)10-17(21)23/h4-6,9,14,17H,7-8,10-11H2,1-3H3,(H-,22,24,25)/p+1/b12-4-. The zero-order valence-corrected chi connectivity index (χ0v) is 15.5. The van der Waals surface area contributed by atoms with E-state index < -0.39 is 0 Å². The van der Waals surface area contributed by atoms with Crippen molar-refractivity contribution in [2.24, 2.45) is 5.92 Å². The number of hydrogen-bond acceptors (Lipinski definition) is 4. The number of carbonyl (C=O) groups is 1. The number of phenols is 1. The Morgan fingerprint density at radius 2 is 2.27 bits per heavy atom. The topological polar surface area (TPSA) is 58.6 Å². The molecule has 0 saturated carbocycles. The number of anilines is 1. The van der Waals surface area contributed by atoms with Gasteiger partial charge in [0.2, 0.25) is 0 Å². The summed E-state index contributed by atoms with van der Waals surface area (Å²) in [5.41, 5.74) is 5.09. The summed E-state index contributed by atoms with van der Waals surface area (Å²) >= 11 is 0. The van der Waals surface area contributed by atoms with Gasteiger partial charge < -0.3 is 19.6 Å². The minimum Gasteiger partial charge on any atom is -0.508 e. The van der Waals surface area contributed by atoms with Gasteiger partial charge in [0, 0.05) is 30.1 Å². The van der Waals surface area contributed by atoms with E-state index >= 15 is 0 Å². The average molecular weight is 353 g/mol. The molecule has 136 valence electrons. The number of rotatable bonds is 1. The largest absolute Gasteiger partial charge is 0.508 e. The third kappa shape index (κ3) is 1.67. The summed E-state index contributed by atoms with van der Waals surface area (Å²) in [6.45, 7) is 4.13. The molecule has 4 unspecified atom stereocenters. The van der Waals surface area contributed by atoms with Crippen LogP contribution < -0.4 is 5.32 Å². The van der Waals surface area contributed by atoms with Crippen LogP contribution in [0.5, 0.6) is 5.75 Å². The minimum atomic E-state index is -0.227. The number of quaternary nitrogens is 1. The number of piperidine rings is 1. The lowest BCUT2D eigenvalue weighted by Gasteiger charge is -2.51. The molecule has 4 atom stereocenters. The Balaban J connectivity index is 1.85. The Morgan fingerprint density at radius 3 is 3.00 bits per heavy atom. The first kappa shape index (κ1) is 15.9. The lowest BCUT2D eigenvalue weighted by atomic mass is 9.61. The average Bonchev–Trinajstić information content (AvgIpc) is 3.14. The number of benzene rings is 1. The molecule has 2 fully saturated rings. The van der Waals surface area contributed by atoms with Gasteiger partial charge in [-0.25, -0.2) is 4.79 Å². The third-order valence-corrected chi connectivity index (χ3v) is 7.37. The molecule has 0 radical (unpaired) electrons.